The van der Waals surface area contributed by atoms with Crippen LogP contribution in [-0.2, 0) is 19.8 Å². The van der Waals surface area contributed by atoms with Crippen molar-refractivity contribution in [3.63, 3.8) is 0 Å². The molecule has 0 fully saturated rings. The first-order valence-corrected chi connectivity index (χ1v) is 5.00. The third kappa shape index (κ3) is 9.25. The molecule has 3 rings (SSSR count). The molecule has 0 heterocycles. The monoisotopic (exact) mass is 387 g/mol. The Morgan fingerprint density at radius 2 is 0.562 bits per heavy atom. The van der Waals surface area contributed by atoms with Crippen LogP contribution >= 0.6 is 0 Å². The summed E-state index contributed by atoms with van der Waals surface area (Å²) < 4.78 is 0. The molecule has 0 aromatic heterocycles. The van der Waals surface area contributed by atoms with Gasteiger partial charge in [0, 0.05) is 19.8 Å². The molecule has 0 atom stereocenters. The molecule has 1 heteroatoms. The van der Waals surface area contributed by atoms with Crippen LogP contribution in [0.15, 0.2) is 91.0 Å². The van der Waals surface area contributed by atoms with Gasteiger partial charge in [0.2, 0.25) is 0 Å². The minimum Gasteiger partial charge on any atom is -0.214 e. The Bertz CT molecular complexity index is 237. The molecular formula is C15H15Os-3. The summed E-state index contributed by atoms with van der Waals surface area (Å²) in [7, 11) is 0. The fourth-order valence-electron chi connectivity index (χ4n) is 0.962. The second-order valence-electron chi connectivity index (χ2n) is 2.89. The Labute approximate surface area is 111 Å². The molecule has 0 saturated carbocycles. The van der Waals surface area contributed by atoms with E-state index in [1.807, 2.05) is 91.0 Å². The SMILES string of the molecule is [Os].c1cc[cH-]c1.c1cc[cH-]c1.c1cc[cH-]c1. The van der Waals surface area contributed by atoms with Crippen molar-refractivity contribution in [2.75, 3.05) is 0 Å². The number of hydrogen-bond acceptors (Lipinski definition) is 0. The van der Waals surface area contributed by atoms with Gasteiger partial charge in [0.05, 0.1) is 0 Å². The normalized spacial score (nSPS) is 7.50. The summed E-state index contributed by atoms with van der Waals surface area (Å²) in [5.74, 6) is 0. The van der Waals surface area contributed by atoms with Gasteiger partial charge in [-0.15, -0.1) is 0 Å². The summed E-state index contributed by atoms with van der Waals surface area (Å²) in [6.07, 6.45) is 0. The van der Waals surface area contributed by atoms with E-state index in [0.717, 1.165) is 0 Å². The number of hydrogen-bond donors (Lipinski definition) is 0. The van der Waals surface area contributed by atoms with Gasteiger partial charge < -0.3 is 0 Å². The third-order valence-electron chi connectivity index (χ3n) is 1.67. The minimum absolute atomic E-state index is 0. The Morgan fingerprint density at radius 1 is 0.375 bits per heavy atom. The molecule has 0 saturated heterocycles. The maximum absolute atomic E-state index is 2.00. The third-order valence-corrected chi connectivity index (χ3v) is 1.67. The summed E-state index contributed by atoms with van der Waals surface area (Å²) in [5, 5.41) is 0. The molecule has 3 aromatic rings. The van der Waals surface area contributed by atoms with E-state index in [4.69, 9.17) is 0 Å². The zero-order valence-electron chi connectivity index (χ0n) is 9.01. The van der Waals surface area contributed by atoms with Crippen molar-refractivity contribution in [2.24, 2.45) is 0 Å². The first kappa shape index (κ1) is 14.7. The van der Waals surface area contributed by atoms with Crippen LogP contribution in [-0.4, -0.2) is 0 Å². The van der Waals surface area contributed by atoms with Crippen LogP contribution < -0.4 is 0 Å². The first-order valence-electron chi connectivity index (χ1n) is 5.00. The fraction of sp³-hybridized carbons (Fsp3) is 0. The molecule has 16 heavy (non-hydrogen) atoms. The van der Waals surface area contributed by atoms with E-state index >= 15 is 0 Å². The zero-order valence-corrected chi connectivity index (χ0v) is 11.6. The first-order chi connectivity index (χ1) is 7.50. The van der Waals surface area contributed by atoms with Crippen LogP contribution in [0.5, 0.6) is 0 Å². The topological polar surface area (TPSA) is 0 Å². The predicted octanol–water partition coefficient (Wildman–Crippen LogP) is 4.21. The van der Waals surface area contributed by atoms with Crippen LogP contribution in [0.25, 0.3) is 0 Å². The van der Waals surface area contributed by atoms with Crippen molar-refractivity contribution in [1.82, 2.24) is 0 Å². The Morgan fingerprint density at radius 3 is 0.625 bits per heavy atom. The molecule has 0 nitrogen and oxygen atoms in total. The van der Waals surface area contributed by atoms with Crippen LogP contribution in [0.2, 0.25) is 0 Å². The Balaban J connectivity index is 0.000000205. The number of rotatable bonds is 0. The molecule has 0 aliphatic rings. The van der Waals surface area contributed by atoms with Gasteiger partial charge in [0.15, 0.2) is 0 Å². The smallest absolute Gasteiger partial charge is 0 e. The average Bonchev–Trinajstić information content (AvgIpc) is 3.09. The molecule has 0 spiro atoms. The maximum atomic E-state index is 2.00. The molecule has 86 valence electrons. The summed E-state index contributed by atoms with van der Waals surface area (Å²) >= 11 is 0. The van der Waals surface area contributed by atoms with Gasteiger partial charge in [-0.3, -0.25) is 0 Å². The van der Waals surface area contributed by atoms with E-state index in [1.165, 1.54) is 0 Å². The molecule has 0 amide bonds. The molecule has 0 radical (unpaired) electrons. The van der Waals surface area contributed by atoms with Gasteiger partial charge in [-0.05, 0) is 0 Å². The van der Waals surface area contributed by atoms with E-state index < -0.39 is 0 Å². The van der Waals surface area contributed by atoms with Gasteiger partial charge in [0.1, 0.15) is 0 Å². The summed E-state index contributed by atoms with van der Waals surface area (Å²) in [4.78, 5) is 0. The average molecular weight is 386 g/mol. The van der Waals surface area contributed by atoms with Gasteiger partial charge in [-0.1, -0.05) is 0 Å². The van der Waals surface area contributed by atoms with E-state index in [1.54, 1.807) is 0 Å². The van der Waals surface area contributed by atoms with Crippen LogP contribution in [0.4, 0.5) is 0 Å². The molecule has 0 aliphatic heterocycles. The van der Waals surface area contributed by atoms with Crippen molar-refractivity contribution in [3.8, 4) is 0 Å². The van der Waals surface area contributed by atoms with Crippen LogP contribution in [0.1, 0.15) is 0 Å². The Kier molecular flexibility index (Phi) is 10.8. The predicted molar refractivity (Wildman–Crippen MR) is 66.1 cm³/mol. The maximum Gasteiger partial charge on any atom is 0 e. The van der Waals surface area contributed by atoms with Gasteiger partial charge in [-0.2, -0.15) is 54.6 Å². The largest absolute Gasteiger partial charge is 0.214 e. The molecule has 0 unspecified atom stereocenters. The zero-order chi connectivity index (χ0) is 10.6. The standard InChI is InChI=1S/3C5H5.Os/c3*1-2-4-5-3-1;/h3*1-5H;/q3*-1;. The van der Waals surface area contributed by atoms with Gasteiger partial charge in [-0.25, -0.2) is 36.4 Å². The summed E-state index contributed by atoms with van der Waals surface area (Å²) in [6.45, 7) is 0. The van der Waals surface area contributed by atoms with Crippen LogP contribution in [0.3, 0.4) is 0 Å². The summed E-state index contributed by atoms with van der Waals surface area (Å²) in [6, 6.07) is 30.0. The molecule has 3 aromatic carbocycles. The van der Waals surface area contributed by atoms with E-state index in [2.05, 4.69) is 0 Å². The second-order valence-corrected chi connectivity index (χ2v) is 2.89. The van der Waals surface area contributed by atoms with Crippen LogP contribution in [0, 0.1) is 0 Å². The minimum atomic E-state index is 0. The van der Waals surface area contributed by atoms with Crippen molar-refractivity contribution < 1.29 is 19.8 Å². The fourth-order valence-corrected chi connectivity index (χ4v) is 0.962. The van der Waals surface area contributed by atoms with Gasteiger partial charge in [0.25, 0.3) is 0 Å². The van der Waals surface area contributed by atoms with Crippen molar-refractivity contribution >= 4 is 0 Å². The van der Waals surface area contributed by atoms with Crippen molar-refractivity contribution in [3.05, 3.63) is 91.0 Å². The quantitative estimate of drug-likeness (QED) is 0.509. The summed E-state index contributed by atoms with van der Waals surface area (Å²) in [5.41, 5.74) is 0. The Hall–Kier alpha value is -1.31. The van der Waals surface area contributed by atoms with E-state index in [9.17, 15) is 0 Å². The van der Waals surface area contributed by atoms with Crippen molar-refractivity contribution in [1.29, 1.82) is 0 Å². The molecular weight excluding hydrogens is 370 g/mol. The molecule has 0 bridgehead atoms. The second kappa shape index (κ2) is 11.8. The van der Waals surface area contributed by atoms with E-state index in [-0.39, 0.29) is 19.8 Å². The van der Waals surface area contributed by atoms with Gasteiger partial charge >= 0.3 is 0 Å². The molecule has 0 N–H and O–H groups in total. The van der Waals surface area contributed by atoms with Crippen molar-refractivity contribution in [2.45, 2.75) is 0 Å². The molecule has 0 aliphatic carbocycles. The van der Waals surface area contributed by atoms with E-state index in [0.29, 0.717) is 0 Å².